The zero-order valence-electron chi connectivity index (χ0n) is 14.3. The molecule has 1 N–H and O–H groups in total. The molecule has 4 heteroatoms. The number of rotatable bonds is 7. The van der Waals surface area contributed by atoms with Crippen LogP contribution in [0.4, 0.5) is 4.39 Å². The first kappa shape index (κ1) is 17.7. The Morgan fingerprint density at radius 1 is 0.885 bits per heavy atom. The van der Waals surface area contributed by atoms with Gasteiger partial charge < -0.3 is 10.1 Å². The van der Waals surface area contributed by atoms with Crippen molar-refractivity contribution in [2.75, 3.05) is 13.2 Å². The first-order valence-electron chi connectivity index (χ1n) is 8.50. The Bertz CT molecular complexity index is 848. The van der Waals surface area contributed by atoms with Gasteiger partial charge in [-0.25, -0.2) is 4.39 Å². The van der Waals surface area contributed by atoms with Crippen LogP contribution in [0.3, 0.4) is 0 Å². The predicted octanol–water partition coefficient (Wildman–Crippen LogP) is 4.23. The van der Waals surface area contributed by atoms with Gasteiger partial charge in [-0.05, 0) is 47.4 Å². The molecule has 3 nitrogen and oxygen atoms in total. The summed E-state index contributed by atoms with van der Waals surface area (Å²) in [5, 5.41) is 2.77. The van der Waals surface area contributed by atoms with Gasteiger partial charge in [-0.2, -0.15) is 0 Å². The molecule has 26 heavy (non-hydrogen) atoms. The number of ether oxygens (including phenoxy) is 1. The van der Waals surface area contributed by atoms with Crippen LogP contribution in [0, 0.1) is 5.82 Å². The Labute approximate surface area is 152 Å². The third-order valence-electron chi connectivity index (χ3n) is 3.96. The van der Waals surface area contributed by atoms with E-state index in [1.165, 1.54) is 12.1 Å². The molecule has 0 radical (unpaired) electrons. The Kier molecular flexibility index (Phi) is 5.99. The van der Waals surface area contributed by atoms with E-state index < -0.39 is 0 Å². The minimum absolute atomic E-state index is 0.0478. The van der Waals surface area contributed by atoms with E-state index in [2.05, 4.69) is 5.32 Å². The Morgan fingerprint density at radius 2 is 1.62 bits per heavy atom. The van der Waals surface area contributed by atoms with Crippen molar-refractivity contribution in [3.8, 4) is 16.9 Å². The van der Waals surface area contributed by atoms with Crippen LogP contribution in [0.2, 0.25) is 0 Å². The zero-order chi connectivity index (χ0) is 18.2. The molecule has 0 unspecified atom stereocenters. The lowest BCUT2D eigenvalue weighted by atomic mass is 10.1. The summed E-state index contributed by atoms with van der Waals surface area (Å²) in [6, 6.07) is 24.0. The Hall–Kier alpha value is -3.14. The number of hydrogen-bond donors (Lipinski definition) is 1. The Morgan fingerprint density at radius 3 is 2.35 bits per heavy atom. The van der Waals surface area contributed by atoms with Gasteiger partial charge in [0.25, 0.3) is 5.91 Å². The first-order valence-corrected chi connectivity index (χ1v) is 8.50. The molecule has 0 aliphatic rings. The lowest BCUT2D eigenvalue weighted by molar-refractivity contribution is -0.123. The number of hydrogen-bond acceptors (Lipinski definition) is 2. The van der Waals surface area contributed by atoms with Crippen LogP contribution >= 0.6 is 0 Å². The number of halogens is 1. The van der Waals surface area contributed by atoms with Gasteiger partial charge in [-0.3, -0.25) is 4.79 Å². The van der Waals surface area contributed by atoms with E-state index in [9.17, 15) is 9.18 Å². The van der Waals surface area contributed by atoms with Crippen LogP contribution in [0.15, 0.2) is 78.9 Å². The fraction of sp³-hybridized carbons (Fsp3) is 0.136. The van der Waals surface area contributed by atoms with Crippen molar-refractivity contribution in [1.82, 2.24) is 5.32 Å². The number of carbonyl (C=O) groups is 1. The normalized spacial score (nSPS) is 10.3. The molecule has 0 aromatic heterocycles. The summed E-state index contributed by atoms with van der Waals surface area (Å²) in [6.07, 6.45) is 0.579. The molecule has 132 valence electrons. The van der Waals surface area contributed by atoms with E-state index >= 15 is 0 Å². The van der Waals surface area contributed by atoms with Crippen LogP contribution in [-0.4, -0.2) is 19.1 Å². The molecule has 0 heterocycles. The molecule has 0 atom stereocenters. The van der Waals surface area contributed by atoms with E-state index in [0.29, 0.717) is 18.7 Å². The van der Waals surface area contributed by atoms with Gasteiger partial charge in [0.1, 0.15) is 11.6 Å². The van der Waals surface area contributed by atoms with Crippen molar-refractivity contribution in [3.63, 3.8) is 0 Å². The maximum Gasteiger partial charge on any atom is 0.257 e. The standard InChI is InChI=1S/C22H20FNO2/c23-20-8-4-5-17(15-20)13-14-24-22(25)16-26-21-11-9-19(10-12-21)18-6-2-1-3-7-18/h1-12,15H,13-14,16H2,(H,24,25). The topological polar surface area (TPSA) is 38.3 Å². The highest BCUT2D eigenvalue weighted by molar-refractivity contribution is 5.77. The third-order valence-corrected chi connectivity index (χ3v) is 3.96. The molecular weight excluding hydrogens is 329 g/mol. The Balaban J connectivity index is 1.43. The smallest absolute Gasteiger partial charge is 0.257 e. The molecule has 0 bridgehead atoms. The SMILES string of the molecule is O=C(COc1ccc(-c2ccccc2)cc1)NCCc1cccc(F)c1. The summed E-state index contributed by atoms with van der Waals surface area (Å²) in [4.78, 5) is 11.9. The highest BCUT2D eigenvalue weighted by Crippen LogP contribution is 2.21. The predicted molar refractivity (Wildman–Crippen MR) is 100 cm³/mol. The number of benzene rings is 3. The maximum atomic E-state index is 13.1. The average molecular weight is 349 g/mol. The summed E-state index contributed by atoms with van der Waals surface area (Å²) >= 11 is 0. The van der Waals surface area contributed by atoms with Gasteiger partial charge in [0, 0.05) is 6.54 Å². The molecule has 0 aliphatic heterocycles. The molecule has 0 spiro atoms. The van der Waals surface area contributed by atoms with Crippen LogP contribution in [0.5, 0.6) is 5.75 Å². The summed E-state index contributed by atoms with van der Waals surface area (Å²) in [5.41, 5.74) is 3.08. The van der Waals surface area contributed by atoms with E-state index in [1.54, 1.807) is 6.07 Å². The summed E-state index contributed by atoms with van der Waals surface area (Å²) in [5.74, 6) is 0.176. The van der Waals surface area contributed by atoms with Crippen LogP contribution in [0.1, 0.15) is 5.56 Å². The first-order chi connectivity index (χ1) is 12.7. The summed E-state index contributed by atoms with van der Waals surface area (Å²) < 4.78 is 18.6. The lowest BCUT2D eigenvalue weighted by Gasteiger charge is -2.08. The second kappa shape index (κ2) is 8.81. The maximum absolute atomic E-state index is 13.1. The molecule has 0 fully saturated rings. The van der Waals surface area contributed by atoms with Gasteiger partial charge in [0.05, 0.1) is 0 Å². The minimum Gasteiger partial charge on any atom is -0.484 e. The second-order valence-corrected chi connectivity index (χ2v) is 5.91. The fourth-order valence-electron chi connectivity index (χ4n) is 2.61. The largest absolute Gasteiger partial charge is 0.484 e. The van der Waals surface area contributed by atoms with Gasteiger partial charge in [-0.15, -0.1) is 0 Å². The van der Waals surface area contributed by atoms with Crippen LogP contribution < -0.4 is 10.1 Å². The van der Waals surface area contributed by atoms with E-state index in [0.717, 1.165) is 16.7 Å². The molecule has 3 aromatic rings. The molecular formula is C22H20FNO2. The van der Waals surface area contributed by atoms with Gasteiger partial charge in [0.15, 0.2) is 6.61 Å². The van der Waals surface area contributed by atoms with Crippen molar-refractivity contribution in [1.29, 1.82) is 0 Å². The van der Waals surface area contributed by atoms with E-state index in [-0.39, 0.29) is 18.3 Å². The molecule has 3 rings (SSSR count). The monoisotopic (exact) mass is 349 g/mol. The molecule has 0 saturated carbocycles. The summed E-state index contributed by atoms with van der Waals surface area (Å²) in [6.45, 7) is 0.395. The summed E-state index contributed by atoms with van der Waals surface area (Å²) in [7, 11) is 0. The molecule has 0 saturated heterocycles. The average Bonchev–Trinajstić information content (AvgIpc) is 2.68. The lowest BCUT2D eigenvalue weighted by Crippen LogP contribution is -2.30. The van der Waals surface area contributed by atoms with E-state index in [4.69, 9.17) is 4.74 Å². The van der Waals surface area contributed by atoms with Crippen molar-refractivity contribution < 1.29 is 13.9 Å². The molecule has 0 aliphatic carbocycles. The van der Waals surface area contributed by atoms with E-state index in [1.807, 2.05) is 60.7 Å². The minimum atomic E-state index is -0.267. The van der Waals surface area contributed by atoms with Crippen molar-refractivity contribution >= 4 is 5.91 Å². The van der Waals surface area contributed by atoms with Crippen molar-refractivity contribution in [2.45, 2.75) is 6.42 Å². The second-order valence-electron chi connectivity index (χ2n) is 5.91. The fourth-order valence-corrected chi connectivity index (χ4v) is 2.61. The van der Waals surface area contributed by atoms with Gasteiger partial charge in [0.2, 0.25) is 0 Å². The van der Waals surface area contributed by atoms with Gasteiger partial charge >= 0.3 is 0 Å². The highest BCUT2D eigenvalue weighted by atomic mass is 19.1. The van der Waals surface area contributed by atoms with Crippen molar-refractivity contribution in [2.24, 2.45) is 0 Å². The number of carbonyl (C=O) groups excluding carboxylic acids is 1. The zero-order valence-corrected chi connectivity index (χ0v) is 14.3. The molecule has 3 aromatic carbocycles. The van der Waals surface area contributed by atoms with Crippen LogP contribution in [-0.2, 0) is 11.2 Å². The van der Waals surface area contributed by atoms with Crippen molar-refractivity contribution in [3.05, 3.63) is 90.2 Å². The molecule has 1 amide bonds. The van der Waals surface area contributed by atoms with Crippen LogP contribution in [0.25, 0.3) is 11.1 Å². The third kappa shape index (κ3) is 5.18. The number of nitrogens with one attached hydrogen (secondary N) is 1. The highest BCUT2D eigenvalue weighted by Gasteiger charge is 2.04. The van der Waals surface area contributed by atoms with Gasteiger partial charge in [-0.1, -0.05) is 54.6 Å². The number of amides is 1. The quantitative estimate of drug-likeness (QED) is 0.693.